The minimum atomic E-state index is -0.682. The van der Waals surface area contributed by atoms with Gasteiger partial charge >= 0.3 is 5.97 Å². The zero-order valence-electron chi connectivity index (χ0n) is 8.20. The third kappa shape index (κ3) is 2.01. The normalized spacial score (nSPS) is 36.1. The Morgan fingerprint density at radius 1 is 1.53 bits per heavy atom. The van der Waals surface area contributed by atoms with Crippen molar-refractivity contribution in [2.24, 2.45) is 5.92 Å². The van der Waals surface area contributed by atoms with Crippen LogP contribution in [-0.4, -0.2) is 34.6 Å². The van der Waals surface area contributed by atoms with Crippen molar-refractivity contribution in [1.29, 1.82) is 0 Å². The number of carboxylic acids is 1. The molecule has 0 aromatic carbocycles. The summed E-state index contributed by atoms with van der Waals surface area (Å²) in [5, 5.41) is 9.63. The molecule has 2 fully saturated rings. The van der Waals surface area contributed by atoms with Crippen LogP contribution >= 0.6 is 23.2 Å². The fourth-order valence-electron chi connectivity index (χ4n) is 2.82. The molecule has 3 nitrogen and oxygen atoms in total. The summed E-state index contributed by atoms with van der Waals surface area (Å²) in [6, 6.07) is 0.527. The van der Waals surface area contributed by atoms with E-state index in [2.05, 4.69) is 4.90 Å². The Morgan fingerprint density at radius 2 is 2.27 bits per heavy atom. The van der Waals surface area contributed by atoms with Crippen LogP contribution in [0.4, 0.5) is 0 Å². The van der Waals surface area contributed by atoms with Gasteiger partial charge in [0.1, 0.15) is 0 Å². The van der Waals surface area contributed by atoms with Crippen LogP contribution in [0.5, 0.6) is 0 Å². The minimum Gasteiger partial charge on any atom is -0.481 e. The number of nitrogens with zero attached hydrogens (tertiary/aromatic N) is 1. The van der Waals surface area contributed by atoms with Crippen LogP contribution in [0, 0.1) is 5.92 Å². The second-order valence-electron chi connectivity index (χ2n) is 4.21. The topological polar surface area (TPSA) is 40.5 Å². The molecule has 0 aromatic rings. The highest BCUT2D eigenvalue weighted by Crippen LogP contribution is 2.42. The largest absolute Gasteiger partial charge is 0.481 e. The number of hydrogen-bond acceptors (Lipinski definition) is 2. The summed E-state index contributed by atoms with van der Waals surface area (Å²) in [7, 11) is 0. The first kappa shape index (κ1) is 11.2. The van der Waals surface area contributed by atoms with E-state index in [0.29, 0.717) is 17.6 Å². The van der Waals surface area contributed by atoms with Crippen LogP contribution < -0.4 is 0 Å². The van der Waals surface area contributed by atoms with E-state index in [1.165, 1.54) is 5.54 Å². The molecule has 2 rings (SSSR count). The number of carboxylic acid groups (broad SMARTS) is 1. The van der Waals surface area contributed by atoms with Crippen molar-refractivity contribution in [1.82, 2.24) is 4.90 Å². The van der Waals surface area contributed by atoms with Crippen molar-refractivity contribution in [2.45, 2.75) is 31.3 Å². The molecule has 15 heavy (non-hydrogen) atoms. The summed E-state index contributed by atoms with van der Waals surface area (Å²) in [5.74, 6) is -0.901. The van der Waals surface area contributed by atoms with E-state index in [9.17, 15) is 4.79 Å². The van der Waals surface area contributed by atoms with Crippen molar-refractivity contribution in [3.63, 3.8) is 0 Å². The standard InChI is InChI=1S/C10H13Cl2NO2/c11-4-6(12)5-13-7-1-2-9(13)8(3-7)10(14)15/h4,7-9H,1-3,5H2,(H,14,15). The summed E-state index contributed by atoms with van der Waals surface area (Å²) in [5.41, 5.74) is 1.36. The number of hydrogen-bond donors (Lipinski definition) is 1. The molecule has 0 aliphatic carbocycles. The van der Waals surface area contributed by atoms with Crippen molar-refractivity contribution in [3.05, 3.63) is 10.6 Å². The van der Waals surface area contributed by atoms with Gasteiger partial charge in [0.25, 0.3) is 0 Å². The van der Waals surface area contributed by atoms with Gasteiger partial charge in [0, 0.05) is 29.2 Å². The third-order valence-electron chi connectivity index (χ3n) is 3.45. The lowest BCUT2D eigenvalue weighted by Gasteiger charge is -2.21. The lowest BCUT2D eigenvalue weighted by atomic mass is 9.89. The highest BCUT2D eigenvalue weighted by Gasteiger charge is 2.48. The molecule has 2 aliphatic heterocycles. The quantitative estimate of drug-likeness (QED) is 0.835. The smallest absolute Gasteiger partial charge is 0.308 e. The predicted octanol–water partition coefficient (Wildman–Crippen LogP) is 2.24. The van der Waals surface area contributed by atoms with E-state index >= 15 is 0 Å². The number of fused-ring (bicyclic) bond motifs is 2. The highest BCUT2D eigenvalue weighted by atomic mass is 35.5. The van der Waals surface area contributed by atoms with Crippen molar-refractivity contribution >= 4 is 29.2 Å². The molecule has 2 heterocycles. The molecule has 0 spiro atoms. The molecule has 2 aliphatic rings. The molecule has 2 saturated heterocycles. The second kappa shape index (κ2) is 4.32. The van der Waals surface area contributed by atoms with E-state index in [4.69, 9.17) is 28.3 Å². The highest BCUT2D eigenvalue weighted by molar-refractivity contribution is 6.36. The maximum atomic E-state index is 11.0. The lowest BCUT2D eigenvalue weighted by Crippen LogP contribution is -2.33. The van der Waals surface area contributed by atoms with E-state index < -0.39 is 5.97 Å². The van der Waals surface area contributed by atoms with Gasteiger partial charge in [-0.3, -0.25) is 9.69 Å². The van der Waals surface area contributed by atoms with Crippen LogP contribution in [-0.2, 0) is 4.79 Å². The first-order chi connectivity index (χ1) is 7.13. The molecular formula is C10H13Cl2NO2. The SMILES string of the molecule is O=C(O)C1CC2CCC1N2CC(Cl)=CCl. The van der Waals surface area contributed by atoms with Gasteiger partial charge in [-0.2, -0.15) is 0 Å². The monoisotopic (exact) mass is 249 g/mol. The van der Waals surface area contributed by atoms with E-state index in [0.717, 1.165) is 19.3 Å². The zero-order chi connectivity index (χ0) is 11.0. The van der Waals surface area contributed by atoms with Crippen molar-refractivity contribution in [2.75, 3.05) is 6.54 Å². The average molecular weight is 250 g/mol. The molecular weight excluding hydrogens is 237 g/mol. The van der Waals surface area contributed by atoms with Gasteiger partial charge in [-0.1, -0.05) is 23.2 Å². The Labute approximate surface area is 98.6 Å². The van der Waals surface area contributed by atoms with Gasteiger partial charge in [-0.25, -0.2) is 0 Å². The van der Waals surface area contributed by atoms with Crippen LogP contribution in [0.25, 0.3) is 0 Å². The zero-order valence-corrected chi connectivity index (χ0v) is 9.71. The molecule has 0 amide bonds. The summed E-state index contributed by atoms with van der Waals surface area (Å²) < 4.78 is 0. The molecule has 3 atom stereocenters. The number of aliphatic carboxylic acids is 1. The maximum absolute atomic E-state index is 11.0. The predicted molar refractivity (Wildman–Crippen MR) is 59.0 cm³/mol. The van der Waals surface area contributed by atoms with Crippen LogP contribution in [0.2, 0.25) is 0 Å². The van der Waals surface area contributed by atoms with E-state index in [-0.39, 0.29) is 12.0 Å². The molecule has 0 aromatic heterocycles. The number of rotatable bonds is 3. The molecule has 0 radical (unpaired) electrons. The van der Waals surface area contributed by atoms with Gasteiger partial charge < -0.3 is 5.11 Å². The summed E-state index contributed by atoms with van der Waals surface area (Å²) in [4.78, 5) is 13.2. The maximum Gasteiger partial charge on any atom is 0.308 e. The van der Waals surface area contributed by atoms with Gasteiger partial charge in [0.05, 0.1) is 5.92 Å². The minimum absolute atomic E-state index is 0.151. The summed E-state index contributed by atoms with van der Waals surface area (Å²) in [6.07, 6.45) is 2.81. The van der Waals surface area contributed by atoms with Gasteiger partial charge in [0.15, 0.2) is 0 Å². The van der Waals surface area contributed by atoms with E-state index in [1.807, 2.05) is 0 Å². The Kier molecular flexibility index (Phi) is 3.24. The first-order valence-corrected chi connectivity index (χ1v) is 5.88. The van der Waals surface area contributed by atoms with Crippen LogP contribution in [0.3, 0.4) is 0 Å². The van der Waals surface area contributed by atoms with Gasteiger partial charge in [-0.15, -0.1) is 0 Å². The molecule has 1 N–H and O–H groups in total. The fraction of sp³-hybridized carbons (Fsp3) is 0.700. The Morgan fingerprint density at radius 3 is 2.80 bits per heavy atom. The molecule has 3 unspecified atom stereocenters. The summed E-state index contributed by atoms with van der Waals surface area (Å²) >= 11 is 11.4. The van der Waals surface area contributed by atoms with Crippen LogP contribution in [0.15, 0.2) is 10.6 Å². The number of halogens is 2. The number of carbonyl (C=O) groups is 1. The first-order valence-electron chi connectivity index (χ1n) is 5.06. The average Bonchev–Trinajstić information content (AvgIpc) is 2.75. The summed E-state index contributed by atoms with van der Waals surface area (Å²) in [6.45, 7) is 0.587. The van der Waals surface area contributed by atoms with Crippen molar-refractivity contribution < 1.29 is 9.90 Å². The lowest BCUT2D eigenvalue weighted by molar-refractivity contribution is -0.142. The Hall–Kier alpha value is -0.250. The molecule has 2 bridgehead atoms. The molecule has 5 heteroatoms. The Balaban J connectivity index is 2.06. The third-order valence-corrected chi connectivity index (χ3v) is 4.05. The fourth-order valence-corrected chi connectivity index (χ4v) is 3.03. The molecule has 84 valence electrons. The van der Waals surface area contributed by atoms with Crippen molar-refractivity contribution in [3.8, 4) is 0 Å². The second-order valence-corrected chi connectivity index (χ2v) is 4.91. The van der Waals surface area contributed by atoms with Crippen LogP contribution in [0.1, 0.15) is 19.3 Å². The Bertz CT molecular complexity index is 306. The molecule has 0 saturated carbocycles. The van der Waals surface area contributed by atoms with Gasteiger partial charge in [-0.05, 0) is 19.3 Å². The van der Waals surface area contributed by atoms with Gasteiger partial charge in [0.2, 0.25) is 0 Å². The van der Waals surface area contributed by atoms with E-state index in [1.54, 1.807) is 0 Å².